The number of pyridine rings is 1. The number of aryl methyl sites for hydroxylation is 3. The van der Waals surface area contributed by atoms with Crippen molar-refractivity contribution in [3.63, 3.8) is 0 Å². The topological polar surface area (TPSA) is 43.3 Å². The van der Waals surface area contributed by atoms with Crippen LogP contribution in [0, 0.1) is 13.8 Å². The number of nitrogens with two attached hydrogens (primary N) is 1. The maximum atomic E-state index is 6.16. The van der Waals surface area contributed by atoms with Crippen molar-refractivity contribution in [3.8, 4) is 0 Å². The molecule has 3 heteroatoms. The maximum Gasteiger partial charge on any atom is 0.137 e. The van der Waals surface area contributed by atoms with Crippen LogP contribution in [-0.4, -0.2) is 14.9 Å². The Morgan fingerprint density at radius 2 is 2.12 bits per heavy atom. The Balaban J connectivity index is 1.96. The average molecular weight is 229 g/mol. The van der Waals surface area contributed by atoms with Gasteiger partial charge in [0.2, 0.25) is 0 Å². The zero-order chi connectivity index (χ0) is 12.0. The van der Waals surface area contributed by atoms with Gasteiger partial charge in [0.1, 0.15) is 5.65 Å². The van der Waals surface area contributed by atoms with Crippen molar-refractivity contribution in [2.75, 3.05) is 0 Å². The molecular formula is C14H19N3. The van der Waals surface area contributed by atoms with Gasteiger partial charge in [-0.05, 0) is 51.2 Å². The molecule has 3 rings (SSSR count). The number of hydrogen-bond acceptors (Lipinski definition) is 2. The molecule has 1 saturated carbocycles. The second-order valence-electron chi connectivity index (χ2n) is 5.44. The highest BCUT2D eigenvalue weighted by Crippen LogP contribution is 2.36. The van der Waals surface area contributed by atoms with E-state index in [1.165, 1.54) is 24.1 Å². The number of imidazole rings is 1. The number of hydrogen-bond donors (Lipinski definition) is 1. The Labute approximate surface area is 102 Å². The lowest BCUT2D eigenvalue weighted by Crippen LogP contribution is -2.22. The molecule has 2 heterocycles. The number of rotatable bonds is 3. The van der Waals surface area contributed by atoms with Crippen molar-refractivity contribution >= 4 is 5.65 Å². The summed E-state index contributed by atoms with van der Waals surface area (Å²) >= 11 is 0. The molecule has 1 aliphatic carbocycles. The van der Waals surface area contributed by atoms with Crippen LogP contribution in [0.2, 0.25) is 0 Å². The van der Waals surface area contributed by atoms with E-state index in [2.05, 4.69) is 41.6 Å². The van der Waals surface area contributed by atoms with Gasteiger partial charge in [-0.15, -0.1) is 0 Å². The van der Waals surface area contributed by atoms with Gasteiger partial charge in [-0.3, -0.25) is 0 Å². The van der Waals surface area contributed by atoms with Gasteiger partial charge in [0, 0.05) is 17.4 Å². The van der Waals surface area contributed by atoms with E-state index in [-0.39, 0.29) is 5.54 Å². The van der Waals surface area contributed by atoms with Gasteiger partial charge in [0.25, 0.3) is 0 Å². The molecule has 1 fully saturated rings. The minimum atomic E-state index is 0.125. The highest BCUT2D eigenvalue weighted by molar-refractivity contribution is 5.44. The van der Waals surface area contributed by atoms with Crippen LogP contribution in [0.1, 0.15) is 36.2 Å². The van der Waals surface area contributed by atoms with Gasteiger partial charge in [-0.1, -0.05) is 6.07 Å². The van der Waals surface area contributed by atoms with Crippen molar-refractivity contribution in [3.05, 3.63) is 35.3 Å². The number of aromatic nitrogens is 2. The Morgan fingerprint density at radius 3 is 2.82 bits per heavy atom. The van der Waals surface area contributed by atoms with Crippen molar-refractivity contribution in [2.24, 2.45) is 5.73 Å². The summed E-state index contributed by atoms with van der Waals surface area (Å²) in [7, 11) is 0. The third kappa shape index (κ3) is 1.95. The first-order valence-corrected chi connectivity index (χ1v) is 6.30. The van der Waals surface area contributed by atoms with Crippen molar-refractivity contribution in [2.45, 2.75) is 45.1 Å². The molecule has 0 bridgehead atoms. The molecule has 0 aliphatic heterocycles. The van der Waals surface area contributed by atoms with E-state index in [1.54, 1.807) is 0 Å². The van der Waals surface area contributed by atoms with Crippen LogP contribution in [0.3, 0.4) is 0 Å². The number of fused-ring (bicyclic) bond motifs is 1. The molecule has 0 unspecified atom stereocenters. The van der Waals surface area contributed by atoms with E-state index in [4.69, 9.17) is 5.73 Å². The third-order valence-electron chi connectivity index (χ3n) is 3.82. The third-order valence-corrected chi connectivity index (χ3v) is 3.82. The fourth-order valence-electron chi connectivity index (χ4n) is 2.40. The molecule has 2 aromatic heterocycles. The van der Waals surface area contributed by atoms with Crippen LogP contribution >= 0.6 is 0 Å². The lowest BCUT2D eigenvalue weighted by molar-refractivity contribution is 0.600. The minimum absolute atomic E-state index is 0.125. The molecule has 0 aromatic carbocycles. The molecule has 17 heavy (non-hydrogen) atoms. The quantitative estimate of drug-likeness (QED) is 0.878. The van der Waals surface area contributed by atoms with Crippen molar-refractivity contribution in [1.29, 1.82) is 0 Å². The van der Waals surface area contributed by atoms with Crippen LogP contribution in [-0.2, 0) is 6.42 Å². The summed E-state index contributed by atoms with van der Waals surface area (Å²) in [6.45, 7) is 4.21. The lowest BCUT2D eigenvalue weighted by Gasteiger charge is -2.09. The summed E-state index contributed by atoms with van der Waals surface area (Å²) in [5.74, 6) is 0. The molecule has 0 radical (unpaired) electrons. The molecule has 2 aromatic rings. The largest absolute Gasteiger partial charge is 0.325 e. The zero-order valence-corrected chi connectivity index (χ0v) is 10.5. The first kappa shape index (κ1) is 10.8. The molecule has 0 atom stereocenters. The van der Waals surface area contributed by atoms with Crippen LogP contribution in [0.4, 0.5) is 0 Å². The second-order valence-corrected chi connectivity index (χ2v) is 5.44. The molecule has 0 saturated heterocycles. The van der Waals surface area contributed by atoms with Gasteiger partial charge in [-0.25, -0.2) is 4.98 Å². The molecule has 3 nitrogen and oxygen atoms in total. The first-order valence-electron chi connectivity index (χ1n) is 6.30. The van der Waals surface area contributed by atoms with Crippen LogP contribution in [0.25, 0.3) is 5.65 Å². The normalized spacial score (nSPS) is 17.6. The highest BCUT2D eigenvalue weighted by atomic mass is 15.0. The molecule has 0 amide bonds. The van der Waals surface area contributed by atoms with Crippen LogP contribution in [0.5, 0.6) is 0 Å². The second kappa shape index (κ2) is 3.57. The summed E-state index contributed by atoms with van der Waals surface area (Å²) in [6, 6.07) is 4.19. The summed E-state index contributed by atoms with van der Waals surface area (Å²) in [6.07, 6.45) is 6.65. The van der Waals surface area contributed by atoms with E-state index in [0.717, 1.165) is 24.2 Å². The fourth-order valence-corrected chi connectivity index (χ4v) is 2.40. The van der Waals surface area contributed by atoms with Gasteiger partial charge in [0.15, 0.2) is 0 Å². The van der Waals surface area contributed by atoms with E-state index < -0.39 is 0 Å². The monoisotopic (exact) mass is 229 g/mol. The smallest absolute Gasteiger partial charge is 0.137 e. The summed E-state index contributed by atoms with van der Waals surface area (Å²) in [5.41, 5.74) is 11.1. The van der Waals surface area contributed by atoms with E-state index in [0.29, 0.717) is 0 Å². The Morgan fingerprint density at radius 1 is 1.35 bits per heavy atom. The predicted molar refractivity (Wildman–Crippen MR) is 69.1 cm³/mol. The van der Waals surface area contributed by atoms with E-state index >= 15 is 0 Å². The molecule has 2 N–H and O–H groups in total. The van der Waals surface area contributed by atoms with Gasteiger partial charge >= 0.3 is 0 Å². The Kier molecular flexibility index (Phi) is 2.26. The van der Waals surface area contributed by atoms with Crippen LogP contribution < -0.4 is 5.73 Å². The first-order chi connectivity index (χ1) is 8.07. The predicted octanol–water partition coefficient (Wildman–Crippen LogP) is 2.38. The molecule has 0 spiro atoms. The average Bonchev–Trinajstić information content (AvgIpc) is 2.92. The molecule has 90 valence electrons. The number of nitrogens with zero attached hydrogens (tertiary/aromatic N) is 2. The highest BCUT2D eigenvalue weighted by Gasteiger charge is 2.37. The SMILES string of the molecule is Cc1ccc2nc(C)c(CCC3(N)CC3)n2c1. The maximum absolute atomic E-state index is 6.16. The molecule has 1 aliphatic rings. The van der Waals surface area contributed by atoms with Gasteiger partial charge in [0.05, 0.1) is 5.69 Å². The summed E-state index contributed by atoms with van der Waals surface area (Å²) in [5, 5.41) is 0. The van der Waals surface area contributed by atoms with Crippen molar-refractivity contribution in [1.82, 2.24) is 9.38 Å². The zero-order valence-electron chi connectivity index (χ0n) is 10.5. The summed E-state index contributed by atoms with van der Waals surface area (Å²) < 4.78 is 2.22. The van der Waals surface area contributed by atoms with Gasteiger partial charge in [-0.2, -0.15) is 0 Å². The fraction of sp³-hybridized carbons (Fsp3) is 0.500. The van der Waals surface area contributed by atoms with E-state index in [9.17, 15) is 0 Å². The minimum Gasteiger partial charge on any atom is -0.325 e. The standard InChI is InChI=1S/C14H19N3/c1-10-3-4-13-16-11(2)12(17(13)9-10)5-6-14(15)7-8-14/h3-4,9H,5-8,15H2,1-2H3. The van der Waals surface area contributed by atoms with E-state index in [1.807, 2.05) is 0 Å². The Hall–Kier alpha value is -1.35. The van der Waals surface area contributed by atoms with Crippen molar-refractivity contribution < 1.29 is 0 Å². The Bertz CT molecular complexity index is 564. The van der Waals surface area contributed by atoms with Crippen LogP contribution in [0.15, 0.2) is 18.3 Å². The van der Waals surface area contributed by atoms with Gasteiger partial charge < -0.3 is 10.1 Å². The molecular weight excluding hydrogens is 210 g/mol. The summed E-state index contributed by atoms with van der Waals surface area (Å²) in [4.78, 5) is 4.60. The lowest BCUT2D eigenvalue weighted by atomic mass is 10.1.